The summed E-state index contributed by atoms with van der Waals surface area (Å²) < 4.78 is 46.2. The number of ether oxygens (including phenoxy) is 2. The highest BCUT2D eigenvalue weighted by Gasteiger charge is 2.33. The van der Waals surface area contributed by atoms with E-state index in [2.05, 4.69) is 15.0 Å². The molecule has 0 saturated carbocycles. The minimum absolute atomic E-state index is 0.204. The van der Waals surface area contributed by atoms with E-state index in [0.29, 0.717) is 12.4 Å². The van der Waals surface area contributed by atoms with Crippen molar-refractivity contribution in [3.63, 3.8) is 0 Å². The van der Waals surface area contributed by atoms with Gasteiger partial charge in [0.2, 0.25) is 0 Å². The van der Waals surface area contributed by atoms with Gasteiger partial charge in [-0.2, -0.15) is 0 Å². The lowest BCUT2D eigenvalue weighted by Crippen LogP contribution is -2.46. The quantitative estimate of drug-likeness (QED) is 0.909. The Morgan fingerprint density at radius 1 is 1.24 bits per heavy atom. The van der Waals surface area contributed by atoms with Gasteiger partial charge in [-0.25, -0.2) is 0 Å². The first-order valence-electron chi connectivity index (χ1n) is 7.00. The number of fused-ring (bicyclic) bond motifs is 1. The van der Waals surface area contributed by atoms with E-state index in [9.17, 15) is 13.2 Å². The van der Waals surface area contributed by atoms with Crippen molar-refractivity contribution in [2.75, 3.05) is 32.8 Å². The Hall–Kier alpha value is -1.47. The number of nitrogens with zero attached hydrogens (tertiary/aromatic N) is 1. The number of hydrogen-bond donors (Lipinski definition) is 1. The molecule has 1 aromatic carbocycles. The fourth-order valence-corrected chi connectivity index (χ4v) is 2.92. The molecule has 4 nitrogen and oxygen atoms in total. The Kier molecular flexibility index (Phi) is 3.95. The molecule has 1 aromatic rings. The average molecular weight is 302 g/mol. The number of benzene rings is 1. The fourth-order valence-electron chi connectivity index (χ4n) is 2.92. The summed E-state index contributed by atoms with van der Waals surface area (Å²) in [6.07, 6.45) is -3.83. The zero-order chi connectivity index (χ0) is 14.9. The third kappa shape index (κ3) is 3.41. The van der Waals surface area contributed by atoms with Crippen LogP contribution in [-0.4, -0.2) is 44.0 Å². The third-order valence-electron chi connectivity index (χ3n) is 3.82. The topological polar surface area (TPSA) is 33.7 Å². The van der Waals surface area contributed by atoms with Crippen LogP contribution in [0.1, 0.15) is 18.0 Å². The van der Waals surface area contributed by atoms with Gasteiger partial charge in [-0.15, -0.1) is 13.2 Å². The molecule has 1 unspecified atom stereocenters. The second kappa shape index (κ2) is 5.73. The van der Waals surface area contributed by atoms with Crippen LogP contribution in [0.4, 0.5) is 13.2 Å². The van der Waals surface area contributed by atoms with E-state index in [4.69, 9.17) is 4.74 Å². The monoisotopic (exact) mass is 302 g/mol. The highest BCUT2D eigenvalue weighted by molar-refractivity contribution is 5.43. The van der Waals surface area contributed by atoms with Gasteiger partial charge >= 0.3 is 6.36 Å². The summed E-state index contributed by atoms with van der Waals surface area (Å²) in [7, 11) is 0. The van der Waals surface area contributed by atoms with Crippen molar-refractivity contribution in [3.8, 4) is 11.5 Å². The van der Waals surface area contributed by atoms with Crippen LogP contribution in [0.15, 0.2) is 18.2 Å². The molecular weight excluding hydrogens is 285 g/mol. The third-order valence-corrected chi connectivity index (χ3v) is 3.82. The summed E-state index contributed by atoms with van der Waals surface area (Å²) in [6, 6.07) is 4.58. The predicted octanol–water partition coefficient (Wildman–Crippen LogP) is 2.31. The Morgan fingerprint density at radius 2 is 2.00 bits per heavy atom. The molecule has 0 aromatic heterocycles. The maximum atomic E-state index is 12.3. The first kappa shape index (κ1) is 14.5. The molecule has 21 heavy (non-hydrogen) atoms. The summed E-state index contributed by atoms with van der Waals surface area (Å²) >= 11 is 0. The van der Waals surface area contributed by atoms with E-state index < -0.39 is 6.36 Å². The lowest BCUT2D eigenvalue weighted by Gasteiger charge is -2.38. The van der Waals surface area contributed by atoms with Crippen LogP contribution < -0.4 is 14.8 Å². The highest BCUT2D eigenvalue weighted by Crippen LogP contribution is 2.39. The van der Waals surface area contributed by atoms with Gasteiger partial charge in [0.1, 0.15) is 11.5 Å². The number of nitrogens with one attached hydrogen (secondary N) is 1. The summed E-state index contributed by atoms with van der Waals surface area (Å²) in [5, 5.41) is 3.29. The summed E-state index contributed by atoms with van der Waals surface area (Å²) in [5.41, 5.74) is 0.942. The summed E-state index contributed by atoms with van der Waals surface area (Å²) in [6.45, 7) is 4.25. The molecule has 7 heteroatoms. The normalized spacial score (nSPS) is 23.3. The molecule has 1 saturated heterocycles. The number of hydrogen-bond acceptors (Lipinski definition) is 4. The van der Waals surface area contributed by atoms with Crippen LogP contribution in [0.2, 0.25) is 0 Å². The molecular formula is C14H17F3N2O2. The standard InChI is InChI=1S/C14H17F3N2O2/c15-14(16,17)21-10-1-2-11-12(3-8-20-13(11)9-10)19-6-4-18-5-7-19/h1-2,9,12,18H,3-8H2. The Bertz CT molecular complexity index is 501. The van der Waals surface area contributed by atoms with Crippen molar-refractivity contribution in [2.45, 2.75) is 18.8 Å². The van der Waals surface area contributed by atoms with Crippen LogP contribution in [0.3, 0.4) is 0 Å². The number of rotatable bonds is 2. The van der Waals surface area contributed by atoms with Gasteiger partial charge in [0, 0.05) is 50.3 Å². The lowest BCUT2D eigenvalue weighted by atomic mass is 9.98. The molecule has 2 aliphatic rings. The van der Waals surface area contributed by atoms with E-state index in [0.717, 1.165) is 38.2 Å². The number of piperazine rings is 1. The maximum absolute atomic E-state index is 12.3. The predicted molar refractivity (Wildman–Crippen MR) is 70.4 cm³/mol. The van der Waals surface area contributed by atoms with Crippen molar-refractivity contribution in [1.29, 1.82) is 0 Å². The molecule has 1 N–H and O–H groups in total. The Balaban J connectivity index is 1.81. The van der Waals surface area contributed by atoms with Crippen molar-refractivity contribution in [2.24, 2.45) is 0 Å². The minimum Gasteiger partial charge on any atom is -0.493 e. The molecule has 0 bridgehead atoms. The lowest BCUT2D eigenvalue weighted by molar-refractivity contribution is -0.274. The zero-order valence-electron chi connectivity index (χ0n) is 11.4. The van der Waals surface area contributed by atoms with Crippen LogP contribution in [0, 0.1) is 0 Å². The molecule has 3 rings (SSSR count). The zero-order valence-corrected chi connectivity index (χ0v) is 11.4. The van der Waals surface area contributed by atoms with E-state index in [1.807, 2.05) is 0 Å². The Morgan fingerprint density at radius 3 is 2.71 bits per heavy atom. The fraction of sp³-hybridized carbons (Fsp3) is 0.571. The van der Waals surface area contributed by atoms with Gasteiger partial charge in [0.15, 0.2) is 0 Å². The molecule has 0 aliphatic carbocycles. The minimum atomic E-state index is -4.68. The van der Waals surface area contributed by atoms with E-state index >= 15 is 0 Å². The van der Waals surface area contributed by atoms with Crippen LogP contribution >= 0.6 is 0 Å². The number of halogens is 3. The second-order valence-electron chi connectivity index (χ2n) is 5.19. The second-order valence-corrected chi connectivity index (χ2v) is 5.19. The molecule has 0 amide bonds. The van der Waals surface area contributed by atoms with Crippen molar-refractivity contribution in [3.05, 3.63) is 23.8 Å². The van der Waals surface area contributed by atoms with Gasteiger partial charge in [0.05, 0.1) is 6.61 Å². The molecule has 0 radical (unpaired) electrons. The largest absolute Gasteiger partial charge is 0.573 e. The van der Waals surface area contributed by atoms with Gasteiger partial charge in [-0.3, -0.25) is 4.90 Å². The number of alkyl halides is 3. The highest BCUT2D eigenvalue weighted by atomic mass is 19.4. The molecule has 2 heterocycles. The van der Waals surface area contributed by atoms with Crippen LogP contribution in [-0.2, 0) is 0 Å². The van der Waals surface area contributed by atoms with Crippen LogP contribution in [0.5, 0.6) is 11.5 Å². The Labute approximate surface area is 120 Å². The van der Waals surface area contributed by atoms with Gasteiger partial charge in [0.25, 0.3) is 0 Å². The van der Waals surface area contributed by atoms with Gasteiger partial charge in [-0.1, -0.05) is 6.07 Å². The molecule has 116 valence electrons. The van der Waals surface area contributed by atoms with Crippen LogP contribution in [0.25, 0.3) is 0 Å². The molecule has 1 atom stereocenters. The summed E-state index contributed by atoms with van der Waals surface area (Å²) in [4.78, 5) is 2.35. The van der Waals surface area contributed by atoms with Crippen molar-refractivity contribution in [1.82, 2.24) is 10.2 Å². The smallest absolute Gasteiger partial charge is 0.493 e. The SMILES string of the molecule is FC(F)(F)Oc1ccc2c(c1)OCCC2N1CCNCC1. The van der Waals surface area contributed by atoms with Crippen molar-refractivity contribution < 1.29 is 22.6 Å². The van der Waals surface area contributed by atoms with E-state index in [-0.39, 0.29) is 11.8 Å². The average Bonchev–Trinajstić information content (AvgIpc) is 2.45. The van der Waals surface area contributed by atoms with Gasteiger partial charge in [-0.05, 0) is 6.07 Å². The first-order chi connectivity index (χ1) is 10.0. The maximum Gasteiger partial charge on any atom is 0.573 e. The van der Waals surface area contributed by atoms with Gasteiger partial charge < -0.3 is 14.8 Å². The van der Waals surface area contributed by atoms with E-state index in [1.54, 1.807) is 6.07 Å². The molecule has 1 fully saturated rings. The first-order valence-corrected chi connectivity index (χ1v) is 7.00. The molecule has 2 aliphatic heterocycles. The summed E-state index contributed by atoms with van der Waals surface area (Å²) in [5.74, 6) is 0.258. The van der Waals surface area contributed by atoms with Crippen molar-refractivity contribution >= 4 is 0 Å². The van der Waals surface area contributed by atoms with E-state index in [1.165, 1.54) is 12.1 Å². The molecule has 0 spiro atoms.